The van der Waals surface area contributed by atoms with Crippen molar-refractivity contribution in [1.29, 1.82) is 0 Å². The molecule has 7 heteroatoms. The summed E-state index contributed by atoms with van der Waals surface area (Å²) in [4.78, 5) is 7.58. The smallest absolute Gasteiger partial charge is 0.222 e. The first-order valence-corrected chi connectivity index (χ1v) is 5.29. The summed E-state index contributed by atoms with van der Waals surface area (Å²) in [6.07, 6.45) is 0.376. The zero-order chi connectivity index (χ0) is 10.3. The maximum atomic E-state index is 5.94. The van der Waals surface area contributed by atoms with Crippen LogP contribution in [0.1, 0.15) is 13.3 Å². The minimum Gasteiger partial charge on any atom is -0.222 e. The normalized spacial score (nSPS) is 21.4. The largest absolute Gasteiger partial charge is 0.262 e. The van der Waals surface area contributed by atoms with Crippen LogP contribution in [0.2, 0.25) is 0 Å². The van der Waals surface area contributed by atoms with E-state index < -0.39 is 9.46 Å². The first-order valence-electron chi connectivity index (χ1n) is 3.40. The van der Waals surface area contributed by atoms with Gasteiger partial charge in [0.25, 0.3) is 5.12 Å². The Morgan fingerprint density at radius 1 is 1.23 bits per heavy atom. The predicted molar refractivity (Wildman–Crippen MR) is 59.9 cm³/mol. The molecule has 0 aromatic heterocycles. The lowest BCUT2D eigenvalue weighted by Gasteiger charge is -2.27. The van der Waals surface area contributed by atoms with E-state index >= 15 is 0 Å². The van der Waals surface area contributed by atoms with E-state index in [-0.39, 0.29) is 10.3 Å². The first-order chi connectivity index (χ1) is 5.82. The lowest BCUT2D eigenvalue weighted by molar-refractivity contribution is 0.541. The Kier molecular flexibility index (Phi) is 3.42. The van der Waals surface area contributed by atoms with Crippen LogP contribution < -0.4 is 0 Å². The summed E-state index contributed by atoms with van der Waals surface area (Å²) in [6, 6.07) is 0. The fraction of sp³-hybridized carbons (Fsp3) is 0.667. The number of alkyl halides is 3. The minimum atomic E-state index is -1.50. The number of hydrogen-bond acceptors (Lipinski definition) is 2. The van der Waals surface area contributed by atoms with E-state index in [4.69, 9.17) is 58.0 Å². The van der Waals surface area contributed by atoms with Gasteiger partial charge in [-0.25, -0.2) is 9.98 Å². The second-order valence-corrected chi connectivity index (χ2v) is 5.18. The van der Waals surface area contributed by atoms with Gasteiger partial charge >= 0.3 is 0 Å². The number of halogens is 5. The molecular formula is C6H5Cl5N2. The van der Waals surface area contributed by atoms with Crippen molar-refractivity contribution in [2.24, 2.45) is 9.98 Å². The Bertz CT molecular complexity index is 265. The van der Waals surface area contributed by atoms with E-state index in [1.807, 2.05) is 0 Å². The Morgan fingerprint density at radius 2 is 1.62 bits per heavy atom. The molecular weight excluding hydrogens is 277 g/mol. The van der Waals surface area contributed by atoms with E-state index in [2.05, 4.69) is 9.98 Å². The molecule has 1 heterocycles. The highest BCUT2D eigenvalue weighted by Gasteiger charge is 2.50. The van der Waals surface area contributed by atoms with Gasteiger partial charge in [-0.2, -0.15) is 0 Å². The van der Waals surface area contributed by atoms with E-state index in [0.29, 0.717) is 6.42 Å². The van der Waals surface area contributed by atoms with Crippen LogP contribution >= 0.6 is 58.0 Å². The summed E-state index contributed by atoms with van der Waals surface area (Å²) in [5.41, 5.74) is 0. The Balaban J connectivity index is 3.07. The van der Waals surface area contributed by atoms with Crippen molar-refractivity contribution < 1.29 is 0 Å². The third-order valence-electron chi connectivity index (χ3n) is 1.57. The molecule has 2 nitrogen and oxygen atoms in total. The SMILES string of the molecule is CCC(Cl)(Cl)C1(Cl)N=C(Cl)C(Cl)=N1. The summed E-state index contributed by atoms with van der Waals surface area (Å²) < 4.78 is -1.31. The van der Waals surface area contributed by atoms with Crippen LogP contribution in [0.4, 0.5) is 0 Å². The van der Waals surface area contributed by atoms with Crippen LogP contribution in [-0.4, -0.2) is 19.8 Å². The summed E-state index contributed by atoms with van der Waals surface area (Å²) in [5, 5.41) is -1.45. The number of aliphatic imine (C=N–C) groups is 2. The van der Waals surface area contributed by atoms with E-state index in [1.54, 1.807) is 6.92 Å². The molecule has 0 fully saturated rings. The van der Waals surface area contributed by atoms with E-state index in [0.717, 1.165) is 0 Å². The van der Waals surface area contributed by atoms with Gasteiger partial charge in [0.05, 0.1) is 0 Å². The molecule has 0 saturated heterocycles. The van der Waals surface area contributed by atoms with Crippen molar-refractivity contribution in [3.8, 4) is 0 Å². The van der Waals surface area contributed by atoms with Gasteiger partial charge in [0.2, 0.25) is 0 Å². The van der Waals surface area contributed by atoms with Crippen LogP contribution in [0.25, 0.3) is 0 Å². The highest BCUT2D eigenvalue weighted by atomic mass is 35.5. The van der Waals surface area contributed by atoms with Gasteiger partial charge in [-0.3, -0.25) is 0 Å². The minimum absolute atomic E-state index is 0.0239. The molecule has 0 saturated carbocycles. The molecule has 0 spiro atoms. The molecule has 13 heavy (non-hydrogen) atoms. The predicted octanol–water partition coefficient (Wildman–Crippen LogP) is 3.75. The van der Waals surface area contributed by atoms with Gasteiger partial charge < -0.3 is 0 Å². The van der Waals surface area contributed by atoms with Crippen LogP contribution in [-0.2, 0) is 0 Å². The average Bonchev–Trinajstić information content (AvgIpc) is 2.28. The molecule has 0 unspecified atom stereocenters. The molecule has 1 aliphatic heterocycles. The number of nitrogens with zero attached hydrogens (tertiary/aromatic N) is 2. The molecule has 1 rings (SSSR count). The van der Waals surface area contributed by atoms with Gasteiger partial charge in [0, 0.05) is 0 Å². The number of rotatable bonds is 2. The highest BCUT2D eigenvalue weighted by Crippen LogP contribution is 2.46. The second kappa shape index (κ2) is 3.74. The van der Waals surface area contributed by atoms with Gasteiger partial charge in [0.1, 0.15) is 0 Å². The Morgan fingerprint density at radius 3 is 1.92 bits per heavy atom. The summed E-state index contributed by atoms with van der Waals surface area (Å²) in [7, 11) is 0. The second-order valence-electron chi connectivity index (χ2n) is 2.45. The molecule has 0 aliphatic carbocycles. The molecule has 74 valence electrons. The van der Waals surface area contributed by atoms with Crippen molar-refractivity contribution >= 4 is 68.3 Å². The van der Waals surface area contributed by atoms with Crippen molar-refractivity contribution in [2.75, 3.05) is 0 Å². The molecule has 1 aliphatic rings. The zero-order valence-corrected chi connectivity index (χ0v) is 10.3. The van der Waals surface area contributed by atoms with E-state index in [9.17, 15) is 0 Å². The molecule has 0 radical (unpaired) electrons. The fourth-order valence-corrected chi connectivity index (χ4v) is 1.65. The van der Waals surface area contributed by atoms with Gasteiger partial charge in [-0.05, 0) is 6.42 Å². The van der Waals surface area contributed by atoms with Crippen molar-refractivity contribution in [2.45, 2.75) is 22.8 Å². The molecule has 0 N–H and O–H groups in total. The van der Waals surface area contributed by atoms with Crippen LogP contribution in [0.3, 0.4) is 0 Å². The molecule has 0 amide bonds. The zero-order valence-electron chi connectivity index (χ0n) is 6.49. The van der Waals surface area contributed by atoms with Crippen LogP contribution in [0, 0.1) is 0 Å². The van der Waals surface area contributed by atoms with Crippen molar-refractivity contribution in [3.05, 3.63) is 0 Å². The van der Waals surface area contributed by atoms with Gasteiger partial charge in [-0.15, -0.1) is 0 Å². The maximum Gasteiger partial charge on any atom is 0.262 e. The molecule has 0 aromatic carbocycles. The van der Waals surface area contributed by atoms with E-state index in [1.165, 1.54) is 0 Å². The van der Waals surface area contributed by atoms with Crippen LogP contribution in [0.5, 0.6) is 0 Å². The van der Waals surface area contributed by atoms with Gasteiger partial charge in [0.15, 0.2) is 14.7 Å². The topological polar surface area (TPSA) is 24.7 Å². The summed E-state index contributed by atoms with van der Waals surface area (Å²) in [5.74, 6) is 0. The highest BCUT2D eigenvalue weighted by molar-refractivity contribution is 7.01. The quantitative estimate of drug-likeness (QED) is 0.544. The maximum absolute atomic E-state index is 5.94. The Labute approximate surface area is 101 Å². The van der Waals surface area contributed by atoms with Gasteiger partial charge in [-0.1, -0.05) is 64.9 Å². The molecule has 0 atom stereocenters. The lowest BCUT2D eigenvalue weighted by Crippen LogP contribution is -2.36. The third-order valence-corrected chi connectivity index (χ3v) is 3.94. The molecule has 0 aromatic rings. The molecule has 0 bridgehead atoms. The lowest BCUT2D eigenvalue weighted by atomic mass is 10.2. The summed E-state index contributed by atoms with van der Waals surface area (Å²) in [6.45, 7) is 1.76. The summed E-state index contributed by atoms with van der Waals surface area (Å²) >= 11 is 28.9. The standard InChI is InChI=1S/C6H5Cl5N2/c1-2-5(9,10)6(11)12-3(7)4(8)13-6/h2H2,1H3. The average molecular weight is 282 g/mol. The number of hydrogen-bond donors (Lipinski definition) is 0. The third kappa shape index (κ3) is 2.07. The van der Waals surface area contributed by atoms with Crippen molar-refractivity contribution in [1.82, 2.24) is 0 Å². The van der Waals surface area contributed by atoms with Crippen molar-refractivity contribution in [3.63, 3.8) is 0 Å². The van der Waals surface area contributed by atoms with Crippen LogP contribution in [0.15, 0.2) is 9.98 Å². The fourth-order valence-electron chi connectivity index (χ4n) is 0.766. The Hall–Kier alpha value is 0.790. The monoisotopic (exact) mass is 280 g/mol. The first kappa shape index (κ1) is 11.9.